The molecule has 0 saturated carbocycles. The van der Waals surface area contributed by atoms with E-state index in [2.05, 4.69) is 36.9 Å². The Morgan fingerprint density at radius 1 is 1.42 bits per heavy atom. The SMILES string of the molecule is [CH2-]C1OC(n2cnc3c(=O)[nH]c(N)nc32)C(OP(O)(=S)OCC2OC(C(C=NC)=C(C)CCC(C)=NC=CC)CC2N[P+](N)=S)C1F.[U]. The normalized spacial score (nSPS) is 28.6. The van der Waals surface area contributed by atoms with Gasteiger partial charge in [-0.2, -0.15) is 4.98 Å². The van der Waals surface area contributed by atoms with Crippen LogP contribution in [0.2, 0.25) is 0 Å². The largest absolute Gasteiger partial charge is 0.381 e. The Kier molecular flexibility index (Phi) is 15.8. The zero-order valence-electron chi connectivity index (χ0n) is 26.9. The number of imidazole rings is 1. The molecule has 2 aromatic rings. The monoisotopic (exact) mass is 969 g/mol. The molecule has 2 fully saturated rings. The number of hydrogen-bond donors (Lipinski definition) is 5. The number of aromatic amines is 1. The zero-order chi connectivity index (χ0) is 34.5. The van der Waals surface area contributed by atoms with E-state index in [0.29, 0.717) is 6.42 Å². The number of nitrogens with two attached hydrogens (primary N) is 2. The maximum atomic E-state index is 15.4. The molecule has 4 rings (SSSR count). The number of aromatic nitrogens is 4. The van der Waals surface area contributed by atoms with Gasteiger partial charge in [0.25, 0.3) is 5.56 Å². The minimum absolute atomic E-state index is 0. The third-order valence-electron chi connectivity index (χ3n) is 7.61. The molecule has 9 atom stereocenters. The van der Waals surface area contributed by atoms with Gasteiger partial charge in [-0.25, -0.2) is 9.37 Å². The van der Waals surface area contributed by atoms with Gasteiger partial charge >= 0.3 is 13.7 Å². The third-order valence-corrected chi connectivity index (χ3v) is 10.1. The van der Waals surface area contributed by atoms with Gasteiger partial charge in [0, 0.05) is 56.3 Å². The fourth-order valence-corrected chi connectivity index (χ4v) is 7.71. The fourth-order valence-electron chi connectivity index (χ4n) is 5.30. The number of aliphatic imine (C=N–C) groups is 2. The summed E-state index contributed by atoms with van der Waals surface area (Å²) in [6, 6.07) is -0.345. The summed E-state index contributed by atoms with van der Waals surface area (Å²) in [5.41, 5.74) is 14.0. The second-order valence-corrected chi connectivity index (χ2v) is 15.9. The van der Waals surface area contributed by atoms with E-state index >= 15 is 4.39 Å². The van der Waals surface area contributed by atoms with Gasteiger partial charge in [0.05, 0.1) is 25.1 Å². The number of ether oxygens (including phenoxy) is 2. The van der Waals surface area contributed by atoms with E-state index in [4.69, 9.17) is 53.4 Å². The van der Waals surface area contributed by atoms with Crippen molar-refractivity contribution < 1.29 is 58.9 Å². The predicted molar refractivity (Wildman–Crippen MR) is 187 cm³/mol. The van der Waals surface area contributed by atoms with Crippen LogP contribution in [-0.4, -0.2) is 86.6 Å². The third kappa shape index (κ3) is 10.4. The summed E-state index contributed by atoms with van der Waals surface area (Å²) < 4.78 is 40.2. The second kappa shape index (κ2) is 18.4. The van der Waals surface area contributed by atoms with Crippen LogP contribution in [0.4, 0.5) is 10.3 Å². The van der Waals surface area contributed by atoms with E-state index in [0.717, 1.165) is 29.7 Å². The Labute approximate surface area is 312 Å². The molecular weight excluding hydrogens is 929 g/mol. The standard InChI is InChI=1S/C27H40FN9O6P2S2.U/c1-6-9-32-15(3)8-7-14(2)17(11-31-5)19-10-18(36-44(30)46)20(42-19)12-40-45(39,47)43-23-21(28)16(4)41-26(23)37-13-33-22-24(37)34-27(29)35-25(22)38;/h6,9,11,13,16,18-21,23,26H,4,7-8,10,12H2,1-3,5H3,(H,39,47)(H3,30,36,46)(H3,29,34,35,38);. The number of rotatable bonds is 14. The summed E-state index contributed by atoms with van der Waals surface area (Å²) in [4.78, 5) is 42.5. The van der Waals surface area contributed by atoms with Crippen LogP contribution in [0.5, 0.6) is 0 Å². The minimum Gasteiger partial charge on any atom is -0.381 e. The first kappa shape index (κ1) is 41.3. The van der Waals surface area contributed by atoms with Gasteiger partial charge in [0.15, 0.2) is 17.4 Å². The van der Waals surface area contributed by atoms with E-state index in [1.165, 1.54) is 10.9 Å². The maximum Gasteiger partial charge on any atom is 0.358 e. The molecule has 2 aliphatic rings. The van der Waals surface area contributed by atoms with Crippen molar-refractivity contribution in [2.45, 2.75) is 82.9 Å². The minimum atomic E-state index is -4.12. The molecule has 4 heterocycles. The van der Waals surface area contributed by atoms with Crippen LogP contribution in [0.1, 0.15) is 46.3 Å². The first-order valence-electron chi connectivity index (χ1n) is 14.6. The van der Waals surface area contributed by atoms with Gasteiger partial charge in [0.2, 0.25) is 17.8 Å². The smallest absolute Gasteiger partial charge is 0.358 e. The van der Waals surface area contributed by atoms with E-state index in [1.54, 1.807) is 19.5 Å². The van der Waals surface area contributed by atoms with Crippen molar-refractivity contribution in [2.75, 3.05) is 19.4 Å². The molecule has 0 bridgehead atoms. The van der Waals surface area contributed by atoms with E-state index in [-0.39, 0.29) is 67.0 Å². The molecule has 2 saturated heterocycles. The van der Waals surface area contributed by atoms with E-state index in [1.807, 2.05) is 26.8 Å². The van der Waals surface area contributed by atoms with Crippen LogP contribution in [0.25, 0.3) is 11.2 Å². The molecule has 2 aliphatic heterocycles. The fraction of sp³-hybridized carbons (Fsp3) is 0.556. The zero-order valence-corrected chi connectivity index (χ0v) is 34.4. The van der Waals surface area contributed by atoms with Gasteiger partial charge in [0.1, 0.15) is 18.4 Å². The molecule has 262 valence electrons. The average Bonchev–Trinajstić information content (AvgIpc) is 3.68. The Hall–Kier alpha value is -1.16. The quantitative estimate of drug-likeness (QED) is 0.105. The van der Waals surface area contributed by atoms with Crippen molar-refractivity contribution in [3.63, 3.8) is 0 Å². The van der Waals surface area contributed by atoms with Crippen LogP contribution < -0.4 is 21.9 Å². The predicted octanol–water partition coefficient (Wildman–Crippen LogP) is 3.03. The van der Waals surface area contributed by atoms with Crippen LogP contribution in [-0.2, 0) is 42.1 Å². The molecule has 0 aliphatic carbocycles. The Morgan fingerprint density at radius 3 is 2.81 bits per heavy atom. The number of nitrogen functional groups attached to an aromatic ring is 1. The van der Waals surface area contributed by atoms with Crippen molar-refractivity contribution in [3.05, 3.63) is 47.0 Å². The van der Waals surface area contributed by atoms with Crippen molar-refractivity contribution in [3.8, 4) is 0 Å². The average molecular weight is 970 g/mol. The van der Waals surface area contributed by atoms with Gasteiger partial charge in [-0.3, -0.25) is 28.9 Å². The Morgan fingerprint density at radius 2 is 2.15 bits per heavy atom. The van der Waals surface area contributed by atoms with Crippen LogP contribution in [0, 0.1) is 38.0 Å². The summed E-state index contributed by atoms with van der Waals surface area (Å²) in [6.45, 7) is 3.81. The first-order chi connectivity index (χ1) is 22.2. The summed E-state index contributed by atoms with van der Waals surface area (Å²) in [6.07, 6.45) is 1.84. The number of allylic oxidation sites excluding steroid dienone is 2. The maximum absolute atomic E-state index is 15.4. The molecule has 15 nitrogen and oxygen atoms in total. The number of fused-ring (bicyclic) bond motifs is 1. The topological polar surface area (TPSA) is 210 Å². The van der Waals surface area contributed by atoms with Crippen LogP contribution in [0.15, 0.2) is 44.5 Å². The number of H-pyrrole nitrogens is 1. The number of nitrogens with zero attached hydrogens (tertiary/aromatic N) is 5. The Balaban J connectivity index is 0.00000625. The molecule has 7 N–H and O–H groups in total. The summed E-state index contributed by atoms with van der Waals surface area (Å²) in [5.74, 6) is -0.177. The van der Waals surface area contributed by atoms with Crippen LogP contribution >= 0.6 is 13.7 Å². The summed E-state index contributed by atoms with van der Waals surface area (Å²) in [7, 11) is 1.68. The second-order valence-electron chi connectivity index (χ2n) is 11.0. The number of halogens is 1. The van der Waals surface area contributed by atoms with Crippen LogP contribution in [0.3, 0.4) is 0 Å². The molecular formula is C27H40FN9O6P2S2U. The van der Waals surface area contributed by atoms with E-state index in [9.17, 15) is 9.69 Å². The molecule has 9 unspecified atom stereocenters. The molecule has 21 heteroatoms. The summed E-state index contributed by atoms with van der Waals surface area (Å²) >= 11 is 10.6. The molecule has 0 aromatic carbocycles. The van der Waals surface area contributed by atoms with Gasteiger partial charge < -0.3 is 31.5 Å². The molecule has 2 aromatic heterocycles. The van der Waals surface area contributed by atoms with Gasteiger partial charge in [-0.1, -0.05) is 11.6 Å². The first-order valence-corrected chi connectivity index (χ1v) is 19.7. The summed E-state index contributed by atoms with van der Waals surface area (Å²) in [5, 5.41) is 3.18. The van der Waals surface area contributed by atoms with Crippen molar-refractivity contribution in [1.29, 1.82) is 0 Å². The molecule has 0 radical (unpaired) electrons. The van der Waals surface area contributed by atoms with Crippen molar-refractivity contribution >= 4 is 66.4 Å². The number of alkyl halides is 1. The van der Waals surface area contributed by atoms with Crippen molar-refractivity contribution in [1.82, 2.24) is 24.6 Å². The number of nitrogens with one attached hydrogen (secondary N) is 2. The molecule has 0 spiro atoms. The van der Waals surface area contributed by atoms with E-state index < -0.39 is 50.0 Å². The van der Waals surface area contributed by atoms with Gasteiger partial charge in [-0.05, 0) is 63.5 Å². The van der Waals surface area contributed by atoms with Gasteiger partial charge in [-0.15, -0.1) is 10.6 Å². The molecule has 0 amide bonds. The number of hydrogen-bond acceptors (Lipinski definition) is 12. The van der Waals surface area contributed by atoms with Crippen molar-refractivity contribution in [2.24, 2.45) is 15.5 Å². The number of anilines is 1. The molecule has 48 heavy (non-hydrogen) atoms. The Bertz CT molecular complexity index is 1690.